The van der Waals surface area contributed by atoms with Gasteiger partial charge in [-0.2, -0.15) is 0 Å². The first kappa shape index (κ1) is 46.1. The molecule has 1 aliphatic rings. The highest BCUT2D eigenvalue weighted by molar-refractivity contribution is 5.75. The molecular formula is C32H47N5O14. The average Bonchev–Trinajstić information content (AvgIpc) is 3.08. The molecule has 2 aromatic rings. The number of non-ortho nitro benzene ring substituents is 2. The molecule has 0 aromatic heterocycles. The van der Waals surface area contributed by atoms with Gasteiger partial charge in [0.1, 0.15) is 30.6 Å². The Morgan fingerprint density at radius 2 is 1.16 bits per heavy atom. The van der Waals surface area contributed by atoms with Crippen molar-refractivity contribution in [2.75, 3.05) is 0 Å². The molecular weight excluding hydrogens is 678 g/mol. The number of benzene rings is 2. The van der Waals surface area contributed by atoms with Crippen LogP contribution in [0.25, 0.3) is 0 Å². The van der Waals surface area contributed by atoms with Crippen molar-refractivity contribution < 1.29 is 59.3 Å². The molecule has 0 spiro atoms. The molecule has 1 aliphatic heterocycles. The molecule has 0 aliphatic carbocycles. The molecule has 19 heteroatoms. The lowest BCUT2D eigenvalue weighted by atomic mass is 9.94. The molecule has 0 amide bonds. The van der Waals surface area contributed by atoms with E-state index < -0.39 is 76.2 Å². The molecule has 10 atom stereocenters. The topological polar surface area (TPSA) is 329 Å². The van der Waals surface area contributed by atoms with Gasteiger partial charge in [0.15, 0.2) is 0 Å². The first-order valence-corrected chi connectivity index (χ1v) is 15.5. The first-order chi connectivity index (χ1) is 23.6. The Hall–Kier alpha value is -4.92. The summed E-state index contributed by atoms with van der Waals surface area (Å²) in [7, 11) is 0. The van der Waals surface area contributed by atoms with E-state index in [1.54, 1.807) is 26.0 Å². The number of aliphatic hydroxyl groups is 2. The van der Waals surface area contributed by atoms with Gasteiger partial charge in [0, 0.05) is 47.6 Å². The molecule has 0 radical (unpaired) electrons. The summed E-state index contributed by atoms with van der Waals surface area (Å²) in [5.74, 6) is -4.06. The standard InChI is InChI=1S/C13H16N2O5.C7H5NO3.2C6H13NO3/c1-7-8(2)20-12(14-11(7)13(16)17)9-3-5-10(6-4-9)15(18)19;9-5-6-1-3-7(4-2-6)8(10)11;2*1-3(4(2)8)5(7)6(9)10/h3-8,11-12,14H,1-2H3,(H,16,17);1-5H;2*3-5,8H,7H2,1-2H3,(H,9,10)/t7-,8-,11-,12+;;3-,4-,5+;3-,4-,5-/m0.00/s1. The van der Waals surface area contributed by atoms with Crippen molar-refractivity contribution in [1.29, 1.82) is 0 Å². The fourth-order valence-electron chi connectivity index (χ4n) is 3.93. The van der Waals surface area contributed by atoms with E-state index in [2.05, 4.69) is 5.32 Å². The summed E-state index contributed by atoms with van der Waals surface area (Å²) in [6.07, 6.45) is -1.51. The molecule has 3 rings (SSSR count). The molecule has 0 unspecified atom stereocenters. The summed E-state index contributed by atoms with van der Waals surface area (Å²) in [5.41, 5.74) is 11.5. The monoisotopic (exact) mass is 725 g/mol. The quantitative estimate of drug-likeness (QED) is 0.0931. The Morgan fingerprint density at radius 3 is 1.43 bits per heavy atom. The van der Waals surface area contributed by atoms with Crippen LogP contribution in [0.5, 0.6) is 0 Å². The number of nitrogens with one attached hydrogen (secondary N) is 1. The number of carbonyl (C=O) groups is 4. The van der Waals surface area contributed by atoms with Gasteiger partial charge in [-0.05, 0) is 50.6 Å². The Kier molecular flexibility index (Phi) is 19.9. The Morgan fingerprint density at radius 1 is 0.784 bits per heavy atom. The van der Waals surface area contributed by atoms with Crippen molar-refractivity contribution in [3.63, 3.8) is 0 Å². The van der Waals surface area contributed by atoms with E-state index in [0.29, 0.717) is 17.4 Å². The van der Waals surface area contributed by atoms with E-state index in [9.17, 15) is 44.5 Å². The number of nitro benzene ring substituents is 2. The van der Waals surface area contributed by atoms with Gasteiger partial charge in [0.05, 0.1) is 28.2 Å². The van der Waals surface area contributed by atoms with Gasteiger partial charge >= 0.3 is 17.9 Å². The Bertz CT molecular complexity index is 1410. The van der Waals surface area contributed by atoms with Crippen molar-refractivity contribution >= 4 is 35.6 Å². The van der Waals surface area contributed by atoms with E-state index in [1.165, 1.54) is 50.2 Å². The molecule has 1 heterocycles. The Balaban J connectivity index is 0.000000696. The zero-order chi connectivity index (χ0) is 39.7. The molecule has 284 valence electrons. The highest BCUT2D eigenvalue weighted by Gasteiger charge is 2.37. The lowest BCUT2D eigenvalue weighted by molar-refractivity contribution is -0.385. The third-order valence-electron chi connectivity index (χ3n) is 8.09. The maximum atomic E-state index is 11.2. The number of aliphatic carboxylic acids is 3. The Labute approximate surface area is 293 Å². The van der Waals surface area contributed by atoms with E-state index in [-0.39, 0.29) is 23.4 Å². The highest BCUT2D eigenvalue weighted by Crippen LogP contribution is 2.29. The number of carbonyl (C=O) groups excluding carboxylic acids is 1. The average molecular weight is 726 g/mol. The summed E-state index contributed by atoms with van der Waals surface area (Å²) >= 11 is 0. The summed E-state index contributed by atoms with van der Waals surface area (Å²) in [6.45, 7) is 9.87. The van der Waals surface area contributed by atoms with Crippen LogP contribution in [-0.2, 0) is 19.1 Å². The van der Waals surface area contributed by atoms with Crippen molar-refractivity contribution in [2.45, 2.75) is 84.2 Å². The first-order valence-electron chi connectivity index (χ1n) is 15.5. The van der Waals surface area contributed by atoms with Crippen LogP contribution in [-0.4, -0.2) is 96.0 Å². The van der Waals surface area contributed by atoms with E-state index in [4.69, 9.17) is 36.6 Å². The number of hydrogen-bond acceptors (Lipinski definition) is 14. The number of aliphatic hydroxyl groups excluding tert-OH is 2. The number of carboxylic acids is 3. The SMILES string of the molecule is C[C@@H]([C@H](C)O)[C@@H](N)C(=O)O.C[C@@H]([C@H](C)O)[C@H](N)C(=O)O.C[C@H]1[C@H](C)O[C@H](c2ccc([N+](=O)[O-])cc2)N[C@@H]1C(=O)O.O=Cc1ccc([N+](=O)[O-])cc1. The van der Waals surface area contributed by atoms with Crippen LogP contribution < -0.4 is 16.8 Å². The molecule has 0 bridgehead atoms. The lowest BCUT2D eigenvalue weighted by Crippen LogP contribution is -2.53. The number of ether oxygens (including phenoxy) is 1. The second kappa shape index (κ2) is 22.0. The van der Waals surface area contributed by atoms with Crippen molar-refractivity contribution in [2.24, 2.45) is 29.2 Å². The van der Waals surface area contributed by atoms with Crippen LogP contribution in [0.15, 0.2) is 48.5 Å². The van der Waals surface area contributed by atoms with Crippen LogP contribution in [0, 0.1) is 38.0 Å². The minimum atomic E-state index is -1.08. The number of hydrogen-bond donors (Lipinski definition) is 8. The maximum Gasteiger partial charge on any atom is 0.321 e. The smallest absolute Gasteiger partial charge is 0.321 e. The molecule has 1 saturated heterocycles. The third-order valence-corrected chi connectivity index (χ3v) is 8.09. The summed E-state index contributed by atoms with van der Waals surface area (Å²) < 4.78 is 5.72. The molecule has 19 nitrogen and oxygen atoms in total. The van der Waals surface area contributed by atoms with Gasteiger partial charge < -0.3 is 41.7 Å². The maximum absolute atomic E-state index is 11.2. The van der Waals surface area contributed by atoms with Gasteiger partial charge in [-0.15, -0.1) is 0 Å². The fourth-order valence-corrected chi connectivity index (χ4v) is 3.93. The zero-order valence-electron chi connectivity index (χ0n) is 28.9. The number of carboxylic acid groups (broad SMARTS) is 3. The number of aldehydes is 1. The van der Waals surface area contributed by atoms with E-state index in [1.807, 2.05) is 13.8 Å². The number of nitro groups is 2. The summed E-state index contributed by atoms with van der Waals surface area (Å²) in [6, 6.07) is 8.63. The second-order valence-corrected chi connectivity index (χ2v) is 11.8. The van der Waals surface area contributed by atoms with E-state index >= 15 is 0 Å². The highest BCUT2D eigenvalue weighted by atomic mass is 16.6. The van der Waals surface area contributed by atoms with Crippen LogP contribution in [0.4, 0.5) is 11.4 Å². The zero-order valence-corrected chi connectivity index (χ0v) is 28.9. The summed E-state index contributed by atoms with van der Waals surface area (Å²) in [5, 5.41) is 67.4. The van der Waals surface area contributed by atoms with Crippen LogP contribution >= 0.6 is 0 Å². The minimum absolute atomic E-state index is 0.00407. The van der Waals surface area contributed by atoms with Crippen molar-refractivity contribution in [1.82, 2.24) is 5.32 Å². The van der Waals surface area contributed by atoms with Crippen LogP contribution in [0.1, 0.15) is 63.7 Å². The number of nitrogens with two attached hydrogens (primary N) is 2. The van der Waals surface area contributed by atoms with Gasteiger partial charge in [-0.3, -0.25) is 44.7 Å². The van der Waals surface area contributed by atoms with Crippen molar-refractivity contribution in [3.8, 4) is 0 Å². The van der Waals surface area contributed by atoms with E-state index in [0.717, 1.165) is 0 Å². The predicted molar refractivity (Wildman–Crippen MR) is 182 cm³/mol. The minimum Gasteiger partial charge on any atom is -0.480 e. The second-order valence-electron chi connectivity index (χ2n) is 11.8. The lowest BCUT2D eigenvalue weighted by Gasteiger charge is -2.38. The largest absolute Gasteiger partial charge is 0.480 e. The molecule has 2 aromatic carbocycles. The van der Waals surface area contributed by atoms with Crippen LogP contribution in [0.2, 0.25) is 0 Å². The summed E-state index contributed by atoms with van der Waals surface area (Å²) in [4.78, 5) is 61.5. The number of rotatable bonds is 11. The normalized spacial score (nSPS) is 21.4. The van der Waals surface area contributed by atoms with Gasteiger partial charge in [0.2, 0.25) is 0 Å². The predicted octanol–water partition coefficient (Wildman–Crippen LogP) is 1.93. The van der Waals surface area contributed by atoms with Gasteiger partial charge in [0.25, 0.3) is 11.4 Å². The molecule has 10 N–H and O–H groups in total. The van der Waals surface area contributed by atoms with Gasteiger partial charge in [-0.1, -0.05) is 20.8 Å². The molecule has 51 heavy (non-hydrogen) atoms. The van der Waals surface area contributed by atoms with Crippen molar-refractivity contribution in [3.05, 3.63) is 79.9 Å². The number of nitrogens with zero attached hydrogens (tertiary/aromatic N) is 2. The molecule has 0 saturated carbocycles. The molecule has 1 fully saturated rings. The van der Waals surface area contributed by atoms with Gasteiger partial charge in [-0.25, -0.2) is 0 Å². The van der Waals surface area contributed by atoms with Crippen LogP contribution in [0.3, 0.4) is 0 Å². The fraction of sp³-hybridized carbons (Fsp3) is 0.500. The third kappa shape index (κ3) is 15.7.